The Balaban J connectivity index is 2.84. The van der Waals surface area contributed by atoms with Crippen molar-refractivity contribution in [1.29, 1.82) is 0 Å². The third-order valence-corrected chi connectivity index (χ3v) is 1.90. The molecule has 2 nitrogen and oxygen atoms in total. The second kappa shape index (κ2) is 2.75. The molecule has 1 heterocycles. The Morgan fingerprint density at radius 1 is 1.08 bits per heavy atom. The Morgan fingerprint density at radius 3 is 1.58 bits per heavy atom. The Morgan fingerprint density at radius 2 is 1.42 bits per heavy atom. The van der Waals surface area contributed by atoms with Crippen molar-refractivity contribution in [3.05, 3.63) is 10.4 Å². The molecular formula is C4Cl3F3O2. The van der Waals surface area contributed by atoms with E-state index >= 15 is 0 Å². The average Bonchev–Trinajstić information content (AvgIpc) is 2.06. The fraction of sp³-hybridized carbons (Fsp3) is 0.500. The Labute approximate surface area is 79.8 Å². The van der Waals surface area contributed by atoms with E-state index in [1.807, 2.05) is 0 Å². The van der Waals surface area contributed by atoms with Crippen LogP contribution in [0, 0.1) is 0 Å². The third-order valence-electron chi connectivity index (χ3n) is 0.935. The molecule has 0 aromatic carbocycles. The zero-order valence-electron chi connectivity index (χ0n) is 5.08. The summed E-state index contributed by atoms with van der Waals surface area (Å²) < 4.78 is 43.8. The zero-order chi connectivity index (χ0) is 9.57. The summed E-state index contributed by atoms with van der Waals surface area (Å²) in [5.41, 5.74) is 0. The summed E-state index contributed by atoms with van der Waals surface area (Å²) in [6.07, 6.45) is -4.91. The van der Waals surface area contributed by atoms with Crippen LogP contribution in [-0.4, -0.2) is 11.4 Å². The molecule has 1 aliphatic heterocycles. The van der Waals surface area contributed by atoms with Crippen LogP contribution in [0.15, 0.2) is 10.4 Å². The topological polar surface area (TPSA) is 18.5 Å². The standard InChI is InChI=1S/C4Cl3F3O2/c5-1-2(6)12-3(7,11-1)4(8,9)10. The van der Waals surface area contributed by atoms with Gasteiger partial charge in [0.25, 0.3) is 0 Å². The van der Waals surface area contributed by atoms with E-state index in [-0.39, 0.29) is 0 Å². The maximum absolute atomic E-state index is 12.0. The van der Waals surface area contributed by atoms with Gasteiger partial charge in [0.2, 0.25) is 10.4 Å². The van der Waals surface area contributed by atoms with Gasteiger partial charge in [-0.15, -0.1) is 0 Å². The summed E-state index contributed by atoms with van der Waals surface area (Å²) in [6, 6.07) is 0. The molecule has 0 amide bonds. The molecule has 0 N–H and O–H groups in total. The molecule has 1 rings (SSSR count). The molecular weight excluding hydrogens is 243 g/mol. The summed E-state index contributed by atoms with van der Waals surface area (Å²) in [5.74, 6) is 0. The van der Waals surface area contributed by atoms with Crippen LogP contribution in [0.1, 0.15) is 0 Å². The van der Waals surface area contributed by atoms with Crippen LogP contribution in [0.5, 0.6) is 0 Å². The molecule has 0 aliphatic carbocycles. The van der Waals surface area contributed by atoms with Gasteiger partial charge in [-0.05, 0) is 34.8 Å². The quantitative estimate of drug-likeness (QED) is 0.609. The summed E-state index contributed by atoms with van der Waals surface area (Å²) in [7, 11) is 0. The van der Waals surface area contributed by atoms with Gasteiger partial charge in [0, 0.05) is 0 Å². The van der Waals surface area contributed by atoms with Crippen LogP contribution in [0.4, 0.5) is 13.2 Å². The van der Waals surface area contributed by atoms with Gasteiger partial charge in [0.15, 0.2) is 0 Å². The van der Waals surface area contributed by atoms with E-state index in [0.29, 0.717) is 0 Å². The minimum Gasteiger partial charge on any atom is -0.416 e. The lowest BCUT2D eigenvalue weighted by Crippen LogP contribution is -2.40. The second-order valence-corrected chi connectivity index (χ2v) is 2.97. The van der Waals surface area contributed by atoms with E-state index in [2.05, 4.69) is 9.47 Å². The molecule has 0 saturated heterocycles. The summed E-state index contributed by atoms with van der Waals surface area (Å²) in [5, 5.41) is -4.73. The van der Waals surface area contributed by atoms with Crippen molar-refractivity contribution in [1.82, 2.24) is 0 Å². The number of hydrogen-bond acceptors (Lipinski definition) is 2. The Bertz CT molecular complexity index is 222. The van der Waals surface area contributed by atoms with Crippen molar-refractivity contribution in [2.75, 3.05) is 0 Å². The smallest absolute Gasteiger partial charge is 0.416 e. The second-order valence-electron chi connectivity index (χ2n) is 1.79. The van der Waals surface area contributed by atoms with Crippen molar-refractivity contribution < 1.29 is 22.6 Å². The first kappa shape index (κ1) is 10.1. The van der Waals surface area contributed by atoms with E-state index in [1.165, 1.54) is 0 Å². The number of alkyl halides is 4. The third kappa shape index (κ3) is 1.53. The molecule has 0 aromatic rings. The lowest BCUT2D eigenvalue weighted by molar-refractivity contribution is -0.294. The zero-order valence-corrected chi connectivity index (χ0v) is 7.35. The van der Waals surface area contributed by atoms with E-state index in [4.69, 9.17) is 34.8 Å². The number of ether oxygens (including phenoxy) is 2. The molecule has 12 heavy (non-hydrogen) atoms. The molecule has 8 heteroatoms. The highest BCUT2D eigenvalue weighted by molar-refractivity contribution is 6.38. The van der Waals surface area contributed by atoms with Gasteiger partial charge in [-0.25, -0.2) is 0 Å². The van der Waals surface area contributed by atoms with Gasteiger partial charge < -0.3 is 9.47 Å². The van der Waals surface area contributed by atoms with E-state index < -0.39 is 21.9 Å². The lowest BCUT2D eigenvalue weighted by atomic mass is 10.6. The van der Waals surface area contributed by atoms with Gasteiger partial charge in [0.05, 0.1) is 0 Å². The highest BCUT2D eigenvalue weighted by Gasteiger charge is 2.63. The summed E-state index contributed by atoms with van der Waals surface area (Å²) >= 11 is 15.0. The monoisotopic (exact) mass is 242 g/mol. The van der Waals surface area contributed by atoms with E-state index in [9.17, 15) is 13.2 Å². The van der Waals surface area contributed by atoms with Crippen LogP contribution in [-0.2, 0) is 9.47 Å². The summed E-state index contributed by atoms with van der Waals surface area (Å²) in [6.45, 7) is 0. The first-order valence-corrected chi connectivity index (χ1v) is 3.58. The SMILES string of the molecule is FC(F)(F)C1(Cl)OC(Cl)=C(Cl)O1. The van der Waals surface area contributed by atoms with Crippen molar-refractivity contribution in [3.8, 4) is 0 Å². The highest BCUT2D eigenvalue weighted by Crippen LogP contribution is 2.47. The molecule has 0 unspecified atom stereocenters. The molecule has 70 valence electrons. The van der Waals surface area contributed by atoms with Gasteiger partial charge in [0.1, 0.15) is 0 Å². The van der Waals surface area contributed by atoms with Crippen LogP contribution in [0.2, 0.25) is 0 Å². The minimum atomic E-state index is -4.91. The maximum Gasteiger partial charge on any atom is 0.485 e. The normalized spacial score (nSPS) is 22.2. The fourth-order valence-electron chi connectivity index (χ4n) is 0.447. The lowest BCUT2D eigenvalue weighted by Gasteiger charge is -2.22. The minimum absolute atomic E-state index is 0.719. The Kier molecular flexibility index (Phi) is 2.31. The highest BCUT2D eigenvalue weighted by atomic mass is 35.5. The first-order chi connectivity index (χ1) is 5.26. The van der Waals surface area contributed by atoms with Gasteiger partial charge in [-0.3, -0.25) is 0 Å². The molecule has 1 aliphatic rings. The van der Waals surface area contributed by atoms with Crippen LogP contribution in [0.25, 0.3) is 0 Å². The fourth-order valence-corrected chi connectivity index (χ4v) is 0.975. The maximum atomic E-state index is 12.0. The van der Waals surface area contributed by atoms with Crippen LogP contribution >= 0.6 is 34.8 Å². The molecule has 0 saturated carbocycles. The molecule has 0 radical (unpaired) electrons. The van der Waals surface area contributed by atoms with Gasteiger partial charge in [-0.2, -0.15) is 13.2 Å². The molecule has 0 spiro atoms. The first-order valence-electron chi connectivity index (χ1n) is 2.45. The van der Waals surface area contributed by atoms with E-state index in [1.54, 1.807) is 0 Å². The number of hydrogen-bond donors (Lipinski definition) is 0. The van der Waals surface area contributed by atoms with Crippen molar-refractivity contribution >= 4 is 34.8 Å². The number of halogens is 6. The Hall–Kier alpha value is -0.000000000000000111. The molecule has 0 atom stereocenters. The van der Waals surface area contributed by atoms with Crippen LogP contribution in [0.3, 0.4) is 0 Å². The predicted molar refractivity (Wildman–Crippen MR) is 35.5 cm³/mol. The van der Waals surface area contributed by atoms with E-state index in [0.717, 1.165) is 0 Å². The van der Waals surface area contributed by atoms with Gasteiger partial charge >= 0.3 is 11.4 Å². The predicted octanol–water partition coefficient (Wildman–Crippen LogP) is 3.09. The van der Waals surface area contributed by atoms with Crippen molar-refractivity contribution in [3.63, 3.8) is 0 Å². The average molecular weight is 243 g/mol. The van der Waals surface area contributed by atoms with Crippen molar-refractivity contribution in [2.45, 2.75) is 11.4 Å². The molecule has 0 aromatic heterocycles. The molecule has 0 fully saturated rings. The number of rotatable bonds is 0. The van der Waals surface area contributed by atoms with Crippen LogP contribution < -0.4 is 0 Å². The largest absolute Gasteiger partial charge is 0.485 e. The summed E-state index contributed by atoms with van der Waals surface area (Å²) in [4.78, 5) is 0. The van der Waals surface area contributed by atoms with Gasteiger partial charge in [-0.1, -0.05) is 0 Å². The van der Waals surface area contributed by atoms with Crippen molar-refractivity contribution in [2.24, 2.45) is 0 Å². The molecule has 0 bridgehead atoms.